The van der Waals surface area contributed by atoms with Crippen molar-refractivity contribution in [3.63, 3.8) is 0 Å². The number of benzene rings is 2. The number of nitrogens with zero attached hydrogens (tertiary/aromatic N) is 2. The lowest BCUT2D eigenvalue weighted by Gasteiger charge is -2.11. The summed E-state index contributed by atoms with van der Waals surface area (Å²) < 4.78 is 32.0. The average molecular weight is 508 g/mol. The van der Waals surface area contributed by atoms with Gasteiger partial charge in [-0.05, 0) is 30.3 Å². The molecule has 0 fully saturated rings. The molecule has 30 heavy (non-hydrogen) atoms. The van der Waals surface area contributed by atoms with Gasteiger partial charge in [0.2, 0.25) is 11.8 Å². The van der Waals surface area contributed by atoms with Crippen LogP contribution >= 0.6 is 46.4 Å². The number of amides is 2. The molecule has 13 heteroatoms. The number of aromatic nitrogens is 2. The van der Waals surface area contributed by atoms with Gasteiger partial charge in [-0.2, -0.15) is 4.98 Å². The highest BCUT2D eigenvalue weighted by atomic mass is 35.5. The molecule has 0 aliphatic rings. The summed E-state index contributed by atoms with van der Waals surface area (Å²) in [4.78, 5) is 19.6. The zero-order chi connectivity index (χ0) is 21.9. The van der Waals surface area contributed by atoms with E-state index in [-0.39, 0.29) is 37.7 Å². The van der Waals surface area contributed by atoms with Crippen LogP contribution in [0.25, 0.3) is 0 Å². The number of ether oxygens (including phenoxy) is 1. The number of rotatable bonds is 5. The third-order valence-corrected chi connectivity index (χ3v) is 5.91. The van der Waals surface area contributed by atoms with Gasteiger partial charge in [0.05, 0.1) is 10.0 Å². The fraction of sp³-hybridized carbons (Fsp3) is 0. The Labute approximate surface area is 191 Å². The van der Waals surface area contributed by atoms with E-state index in [1.165, 1.54) is 36.4 Å². The molecule has 0 unspecified atom stereocenters. The monoisotopic (exact) mass is 506 g/mol. The van der Waals surface area contributed by atoms with E-state index < -0.39 is 16.1 Å². The fourth-order valence-electron chi connectivity index (χ4n) is 2.14. The Morgan fingerprint density at radius 1 is 0.933 bits per heavy atom. The molecule has 2 N–H and O–H groups in total. The van der Waals surface area contributed by atoms with Crippen molar-refractivity contribution in [2.45, 2.75) is 4.90 Å². The molecule has 3 aromatic rings. The van der Waals surface area contributed by atoms with Crippen molar-refractivity contribution in [1.29, 1.82) is 0 Å². The first-order chi connectivity index (χ1) is 14.1. The maximum Gasteiger partial charge on any atom is 0.335 e. The summed E-state index contributed by atoms with van der Waals surface area (Å²) in [5, 5.41) is 2.67. The predicted molar refractivity (Wildman–Crippen MR) is 114 cm³/mol. The summed E-state index contributed by atoms with van der Waals surface area (Å²) in [6.45, 7) is 0. The third-order valence-electron chi connectivity index (χ3n) is 3.36. The van der Waals surface area contributed by atoms with Crippen LogP contribution in [0, 0.1) is 0 Å². The Kier molecular flexibility index (Phi) is 6.89. The molecule has 0 aliphatic carbocycles. The maximum absolute atomic E-state index is 12.3. The molecule has 0 radical (unpaired) electrons. The van der Waals surface area contributed by atoms with Gasteiger partial charge in [0, 0.05) is 11.1 Å². The quantitative estimate of drug-likeness (QED) is 0.448. The standard InChI is InChI=1S/C17H10Cl4N4O4S/c18-9-5-6-12(11(20)7-9)29-15-8-14(21)22-16(23-15)24-17(26)25-30(27,28)13-4-2-1-3-10(13)19/h1-8H,(H2,22,23,24,25,26). The van der Waals surface area contributed by atoms with Crippen LogP contribution in [0.2, 0.25) is 20.2 Å². The number of hydrogen-bond donors (Lipinski definition) is 2. The van der Waals surface area contributed by atoms with E-state index in [0.29, 0.717) is 5.02 Å². The Hall–Kier alpha value is -2.30. The summed E-state index contributed by atoms with van der Waals surface area (Å²) in [5.74, 6) is -0.134. The smallest absolute Gasteiger partial charge is 0.335 e. The molecule has 1 heterocycles. The zero-order valence-electron chi connectivity index (χ0n) is 14.6. The molecular weight excluding hydrogens is 498 g/mol. The van der Waals surface area contributed by atoms with Crippen LogP contribution in [-0.2, 0) is 10.0 Å². The SMILES string of the molecule is O=C(Nc1nc(Cl)cc(Oc2ccc(Cl)cc2Cl)n1)NS(=O)(=O)c1ccccc1Cl. The van der Waals surface area contributed by atoms with Crippen LogP contribution < -0.4 is 14.8 Å². The number of anilines is 1. The van der Waals surface area contributed by atoms with Gasteiger partial charge in [-0.15, -0.1) is 0 Å². The molecule has 0 saturated heterocycles. The number of nitrogens with one attached hydrogen (secondary N) is 2. The number of halogens is 4. The first-order valence-corrected chi connectivity index (χ1v) is 10.9. The van der Waals surface area contributed by atoms with Gasteiger partial charge >= 0.3 is 6.03 Å². The van der Waals surface area contributed by atoms with Crippen LogP contribution in [0.1, 0.15) is 0 Å². The summed E-state index contributed by atoms with van der Waals surface area (Å²) >= 11 is 23.7. The van der Waals surface area contributed by atoms with E-state index >= 15 is 0 Å². The lowest BCUT2D eigenvalue weighted by atomic mass is 10.3. The van der Waals surface area contributed by atoms with E-state index in [0.717, 1.165) is 0 Å². The van der Waals surface area contributed by atoms with Crippen molar-refractivity contribution in [2.24, 2.45) is 0 Å². The van der Waals surface area contributed by atoms with Gasteiger partial charge in [-0.1, -0.05) is 58.5 Å². The normalized spacial score (nSPS) is 11.1. The minimum absolute atomic E-state index is 0.0488. The third kappa shape index (κ3) is 5.65. The Balaban J connectivity index is 1.76. The summed E-state index contributed by atoms with van der Waals surface area (Å²) in [7, 11) is -4.23. The topological polar surface area (TPSA) is 110 Å². The molecule has 0 saturated carbocycles. The van der Waals surface area contributed by atoms with Crippen LogP contribution in [0.4, 0.5) is 10.7 Å². The van der Waals surface area contributed by atoms with Crippen molar-refractivity contribution < 1.29 is 17.9 Å². The Morgan fingerprint density at radius 3 is 2.37 bits per heavy atom. The highest BCUT2D eigenvalue weighted by molar-refractivity contribution is 7.90. The highest BCUT2D eigenvalue weighted by Gasteiger charge is 2.21. The largest absolute Gasteiger partial charge is 0.437 e. The lowest BCUT2D eigenvalue weighted by molar-refractivity contribution is 0.256. The molecule has 2 aromatic carbocycles. The van der Waals surface area contributed by atoms with Crippen LogP contribution in [0.5, 0.6) is 11.6 Å². The van der Waals surface area contributed by atoms with Crippen molar-refractivity contribution >= 4 is 68.4 Å². The number of sulfonamides is 1. The number of urea groups is 1. The van der Waals surface area contributed by atoms with Gasteiger partial charge in [-0.25, -0.2) is 22.9 Å². The number of carbonyl (C=O) groups excluding carboxylic acids is 1. The van der Waals surface area contributed by atoms with E-state index in [2.05, 4.69) is 15.3 Å². The molecule has 0 aliphatic heterocycles. The van der Waals surface area contributed by atoms with Gasteiger partial charge in [0.15, 0.2) is 0 Å². The van der Waals surface area contributed by atoms with Gasteiger partial charge in [0.1, 0.15) is 15.8 Å². The van der Waals surface area contributed by atoms with Gasteiger partial charge < -0.3 is 4.74 Å². The molecule has 0 atom stereocenters. The second-order valence-corrected chi connectivity index (χ2v) is 8.81. The molecule has 0 bridgehead atoms. The molecule has 8 nitrogen and oxygen atoms in total. The van der Waals surface area contributed by atoms with Crippen LogP contribution in [0.3, 0.4) is 0 Å². The van der Waals surface area contributed by atoms with E-state index in [1.807, 2.05) is 0 Å². The second-order valence-electron chi connectivity index (χ2n) is 5.52. The molecule has 3 rings (SSSR count). The number of carbonyl (C=O) groups is 1. The van der Waals surface area contributed by atoms with E-state index in [1.54, 1.807) is 16.9 Å². The fourth-order valence-corrected chi connectivity index (χ4v) is 4.19. The summed E-state index contributed by atoms with van der Waals surface area (Å²) in [6.07, 6.45) is 0. The van der Waals surface area contributed by atoms with Gasteiger partial charge in [-0.3, -0.25) is 5.32 Å². The molecule has 0 spiro atoms. The van der Waals surface area contributed by atoms with Crippen molar-refractivity contribution in [3.8, 4) is 11.6 Å². The average Bonchev–Trinajstić information content (AvgIpc) is 2.63. The zero-order valence-corrected chi connectivity index (χ0v) is 18.4. The first kappa shape index (κ1) is 22.4. The van der Waals surface area contributed by atoms with Crippen LogP contribution in [0.15, 0.2) is 53.4 Å². The Morgan fingerprint density at radius 2 is 1.67 bits per heavy atom. The Bertz CT molecular complexity index is 1220. The van der Waals surface area contributed by atoms with Gasteiger partial charge in [0.25, 0.3) is 10.0 Å². The minimum atomic E-state index is -4.23. The van der Waals surface area contributed by atoms with E-state index in [4.69, 9.17) is 51.1 Å². The number of hydrogen-bond acceptors (Lipinski definition) is 6. The molecular formula is C17H10Cl4N4O4S. The second kappa shape index (κ2) is 9.23. The lowest BCUT2D eigenvalue weighted by Crippen LogP contribution is -2.35. The van der Waals surface area contributed by atoms with E-state index in [9.17, 15) is 13.2 Å². The minimum Gasteiger partial charge on any atom is -0.437 e. The highest BCUT2D eigenvalue weighted by Crippen LogP contribution is 2.31. The first-order valence-electron chi connectivity index (χ1n) is 7.90. The summed E-state index contributed by atoms with van der Waals surface area (Å²) in [5.41, 5.74) is 0. The van der Waals surface area contributed by atoms with Crippen molar-refractivity contribution in [2.75, 3.05) is 5.32 Å². The maximum atomic E-state index is 12.3. The van der Waals surface area contributed by atoms with Crippen molar-refractivity contribution in [1.82, 2.24) is 14.7 Å². The molecule has 156 valence electrons. The predicted octanol–water partition coefficient (Wildman–Crippen LogP) is 5.39. The summed E-state index contributed by atoms with van der Waals surface area (Å²) in [6, 6.07) is 10.3. The molecule has 1 aromatic heterocycles. The van der Waals surface area contributed by atoms with Crippen molar-refractivity contribution in [3.05, 3.63) is 68.8 Å². The van der Waals surface area contributed by atoms with Crippen LogP contribution in [-0.4, -0.2) is 24.4 Å². The molecule has 2 amide bonds.